The van der Waals surface area contributed by atoms with Gasteiger partial charge in [-0.1, -0.05) is 11.8 Å². The van der Waals surface area contributed by atoms with Crippen molar-refractivity contribution in [3.8, 4) is 0 Å². The number of amidine groups is 1. The summed E-state index contributed by atoms with van der Waals surface area (Å²) >= 11 is 1.86. The van der Waals surface area contributed by atoms with Crippen molar-refractivity contribution >= 4 is 16.9 Å². The van der Waals surface area contributed by atoms with E-state index < -0.39 is 0 Å². The van der Waals surface area contributed by atoms with Crippen LogP contribution in [-0.2, 0) is 4.74 Å². The second-order valence-electron chi connectivity index (χ2n) is 4.93. The number of aliphatic imine (C=N–C) groups is 1. The molecule has 0 aromatic carbocycles. The molecule has 0 amide bonds. The molecule has 0 bridgehead atoms. The fourth-order valence-electron chi connectivity index (χ4n) is 2.36. The van der Waals surface area contributed by atoms with E-state index in [1.54, 1.807) is 7.11 Å². The minimum Gasteiger partial charge on any atom is -0.385 e. The SMILES string of the molecule is COCCC1CSC(NC2CCCN(C)C2)=N1. The average molecular weight is 257 g/mol. The molecule has 1 fully saturated rings. The molecule has 2 unspecified atom stereocenters. The number of likely N-dealkylation sites (N-methyl/N-ethyl adjacent to an activating group) is 1. The van der Waals surface area contributed by atoms with Crippen molar-refractivity contribution in [1.29, 1.82) is 0 Å². The second-order valence-corrected chi connectivity index (χ2v) is 5.93. The fraction of sp³-hybridized carbons (Fsp3) is 0.917. The molecule has 0 aromatic rings. The summed E-state index contributed by atoms with van der Waals surface area (Å²) in [7, 11) is 3.95. The zero-order valence-electron chi connectivity index (χ0n) is 10.8. The lowest BCUT2D eigenvalue weighted by Crippen LogP contribution is -2.45. The van der Waals surface area contributed by atoms with Crippen LogP contribution in [0.3, 0.4) is 0 Å². The van der Waals surface area contributed by atoms with E-state index in [9.17, 15) is 0 Å². The van der Waals surface area contributed by atoms with Crippen LogP contribution in [0.5, 0.6) is 0 Å². The average Bonchev–Trinajstić information content (AvgIpc) is 2.74. The topological polar surface area (TPSA) is 36.9 Å². The number of nitrogens with zero attached hydrogens (tertiary/aromatic N) is 2. The lowest BCUT2D eigenvalue weighted by molar-refractivity contribution is 0.190. The summed E-state index contributed by atoms with van der Waals surface area (Å²) in [5.41, 5.74) is 0. The van der Waals surface area contributed by atoms with Crippen LogP contribution in [0.1, 0.15) is 19.3 Å². The van der Waals surface area contributed by atoms with Gasteiger partial charge in [0.05, 0.1) is 6.04 Å². The molecule has 4 nitrogen and oxygen atoms in total. The van der Waals surface area contributed by atoms with Crippen LogP contribution in [-0.4, -0.2) is 61.8 Å². The van der Waals surface area contributed by atoms with Gasteiger partial charge in [0.2, 0.25) is 0 Å². The van der Waals surface area contributed by atoms with Gasteiger partial charge in [0.15, 0.2) is 5.17 Å². The summed E-state index contributed by atoms with van der Waals surface area (Å²) in [5.74, 6) is 1.11. The highest BCUT2D eigenvalue weighted by Crippen LogP contribution is 2.20. The summed E-state index contributed by atoms with van der Waals surface area (Å²) in [4.78, 5) is 7.11. The molecule has 0 radical (unpaired) electrons. The Bertz CT molecular complexity index is 272. The maximum atomic E-state index is 5.10. The number of hydrogen-bond donors (Lipinski definition) is 1. The zero-order valence-corrected chi connectivity index (χ0v) is 11.6. The molecule has 0 aromatic heterocycles. The van der Waals surface area contributed by atoms with Crippen molar-refractivity contribution in [2.45, 2.75) is 31.3 Å². The molecule has 0 spiro atoms. The molecule has 2 aliphatic heterocycles. The second kappa shape index (κ2) is 6.61. The zero-order chi connectivity index (χ0) is 12.1. The lowest BCUT2D eigenvalue weighted by Gasteiger charge is -2.30. The molecular formula is C12H23N3OS. The molecule has 1 N–H and O–H groups in total. The first kappa shape index (κ1) is 13.2. The molecule has 0 saturated carbocycles. The van der Waals surface area contributed by atoms with Crippen LogP contribution in [0, 0.1) is 0 Å². The van der Waals surface area contributed by atoms with E-state index in [0.29, 0.717) is 12.1 Å². The van der Waals surface area contributed by atoms with Crippen molar-refractivity contribution in [1.82, 2.24) is 10.2 Å². The Labute approximate surface area is 108 Å². The standard InChI is InChI=1S/C12H23N3OS/c1-15-6-3-4-10(8-15)13-12-14-11(9-17-12)5-7-16-2/h10-11H,3-9H2,1-2H3,(H,13,14). The third-order valence-electron chi connectivity index (χ3n) is 3.32. The summed E-state index contributed by atoms with van der Waals surface area (Å²) in [6.45, 7) is 3.19. The van der Waals surface area contributed by atoms with E-state index in [1.807, 2.05) is 11.8 Å². The van der Waals surface area contributed by atoms with Crippen molar-refractivity contribution in [2.24, 2.45) is 4.99 Å². The minimum absolute atomic E-state index is 0.448. The lowest BCUT2D eigenvalue weighted by atomic mass is 10.1. The van der Waals surface area contributed by atoms with E-state index in [-0.39, 0.29) is 0 Å². The first-order valence-electron chi connectivity index (χ1n) is 6.42. The Hall–Kier alpha value is -0.260. The predicted octanol–water partition coefficient (Wildman–Crippen LogP) is 1.18. The van der Waals surface area contributed by atoms with Gasteiger partial charge in [0, 0.05) is 32.1 Å². The normalized spacial score (nSPS) is 30.4. The highest BCUT2D eigenvalue weighted by Gasteiger charge is 2.22. The highest BCUT2D eigenvalue weighted by molar-refractivity contribution is 8.14. The van der Waals surface area contributed by atoms with Gasteiger partial charge in [-0.25, -0.2) is 0 Å². The number of methoxy groups -OCH3 is 1. The largest absolute Gasteiger partial charge is 0.385 e. The number of rotatable bonds is 4. The molecule has 17 heavy (non-hydrogen) atoms. The highest BCUT2D eigenvalue weighted by atomic mass is 32.2. The Morgan fingerprint density at radius 2 is 2.47 bits per heavy atom. The number of hydrogen-bond acceptors (Lipinski definition) is 5. The van der Waals surface area contributed by atoms with Crippen LogP contribution in [0.4, 0.5) is 0 Å². The maximum Gasteiger partial charge on any atom is 0.157 e. The maximum absolute atomic E-state index is 5.10. The fourth-order valence-corrected chi connectivity index (χ4v) is 3.42. The Morgan fingerprint density at radius 3 is 3.24 bits per heavy atom. The number of likely N-dealkylation sites (tertiary alicyclic amines) is 1. The van der Waals surface area contributed by atoms with Gasteiger partial charge >= 0.3 is 0 Å². The minimum atomic E-state index is 0.448. The van der Waals surface area contributed by atoms with Crippen LogP contribution in [0.2, 0.25) is 0 Å². The predicted molar refractivity (Wildman–Crippen MR) is 73.8 cm³/mol. The molecule has 2 atom stereocenters. The Kier molecular flexibility index (Phi) is 5.13. The van der Waals surface area contributed by atoms with Crippen LogP contribution in [0.25, 0.3) is 0 Å². The number of thioether (sulfide) groups is 1. The molecule has 5 heteroatoms. The van der Waals surface area contributed by atoms with Crippen LogP contribution < -0.4 is 5.32 Å². The summed E-state index contributed by atoms with van der Waals surface area (Å²) < 4.78 is 5.10. The molecule has 0 aliphatic carbocycles. The molecule has 98 valence electrons. The van der Waals surface area contributed by atoms with E-state index in [1.165, 1.54) is 19.4 Å². The van der Waals surface area contributed by atoms with Gasteiger partial charge in [-0.15, -0.1) is 0 Å². The van der Waals surface area contributed by atoms with Gasteiger partial charge in [0.25, 0.3) is 0 Å². The number of nitrogens with one attached hydrogen (secondary N) is 1. The quantitative estimate of drug-likeness (QED) is 0.820. The van der Waals surface area contributed by atoms with Crippen molar-refractivity contribution < 1.29 is 4.74 Å². The molecule has 2 heterocycles. The summed E-state index contributed by atoms with van der Waals surface area (Å²) in [6.07, 6.45) is 3.60. The first-order chi connectivity index (χ1) is 8.28. The first-order valence-corrected chi connectivity index (χ1v) is 7.41. The van der Waals surface area contributed by atoms with Gasteiger partial charge < -0.3 is 15.0 Å². The molecule has 2 rings (SSSR count). The van der Waals surface area contributed by atoms with Gasteiger partial charge in [-0.05, 0) is 32.9 Å². The van der Waals surface area contributed by atoms with Crippen LogP contribution in [0.15, 0.2) is 4.99 Å². The van der Waals surface area contributed by atoms with E-state index >= 15 is 0 Å². The van der Waals surface area contributed by atoms with Crippen LogP contribution >= 0.6 is 11.8 Å². The third kappa shape index (κ3) is 4.16. The van der Waals surface area contributed by atoms with E-state index in [2.05, 4.69) is 17.3 Å². The number of ether oxygens (including phenoxy) is 1. The summed E-state index contributed by atoms with van der Waals surface area (Å²) in [6, 6.07) is 1.03. The number of piperidine rings is 1. The van der Waals surface area contributed by atoms with Crippen molar-refractivity contribution in [2.75, 3.05) is 39.6 Å². The smallest absolute Gasteiger partial charge is 0.157 e. The van der Waals surface area contributed by atoms with E-state index in [0.717, 1.165) is 30.5 Å². The van der Waals surface area contributed by atoms with Crippen molar-refractivity contribution in [3.63, 3.8) is 0 Å². The monoisotopic (exact) mass is 257 g/mol. The van der Waals surface area contributed by atoms with Gasteiger partial charge in [0.1, 0.15) is 0 Å². The molecule has 2 aliphatic rings. The third-order valence-corrected chi connectivity index (χ3v) is 4.37. The molecule has 1 saturated heterocycles. The Morgan fingerprint density at radius 1 is 1.59 bits per heavy atom. The summed E-state index contributed by atoms with van der Waals surface area (Å²) in [5, 5.41) is 4.73. The Balaban J connectivity index is 1.75. The van der Waals surface area contributed by atoms with Gasteiger partial charge in [-0.2, -0.15) is 0 Å². The van der Waals surface area contributed by atoms with Crippen molar-refractivity contribution in [3.05, 3.63) is 0 Å². The van der Waals surface area contributed by atoms with Gasteiger partial charge in [-0.3, -0.25) is 4.99 Å². The molecular weight excluding hydrogens is 234 g/mol. The van der Waals surface area contributed by atoms with E-state index in [4.69, 9.17) is 9.73 Å².